The van der Waals surface area contributed by atoms with Crippen molar-refractivity contribution < 1.29 is 19.1 Å². The molecule has 27 heavy (non-hydrogen) atoms. The zero-order valence-corrected chi connectivity index (χ0v) is 16.4. The van der Waals surface area contributed by atoms with Crippen LogP contribution in [0.4, 0.5) is 0 Å². The number of benzene rings is 1. The third kappa shape index (κ3) is 4.99. The number of amides is 2. The molecule has 0 radical (unpaired) electrons. The molecule has 0 aliphatic rings. The van der Waals surface area contributed by atoms with Crippen LogP contribution >= 0.6 is 0 Å². The van der Waals surface area contributed by atoms with Crippen LogP contribution in [-0.2, 0) is 18.3 Å². The van der Waals surface area contributed by atoms with Crippen molar-refractivity contribution in [2.24, 2.45) is 7.05 Å². The standard InChI is InChI=1S/C19H26N4O4/c1-6-9-27-16-8-7-14(10-17(16)26-5)19(25)21-20-18(24)11-15-12(2)22-23(4)13(15)3/h7-8,10H,6,9,11H2,1-5H3,(H,20,24)(H,21,25). The van der Waals surface area contributed by atoms with E-state index in [0.717, 1.165) is 23.4 Å². The fraction of sp³-hybridized carbons (Fsp3) is 0.421. The molecule has 0 fully saturated rings. The molecule has 0 aliphatic heterocycles. The average molecular weight is 374 g/mol. The number of aryl methyl sites for hydroxylation is 2. The second kappa shape index (κ2) is 9.07. The fourth-order valence-corrected chi connectivity index (χ4v) is 2.62. The number of methoxy groups -OCH3 is 1. The van der Waals surface area contributed by atoms with Gasteiger partial charge in [-0.2, -0.15) is 5.10 Å². The van der Waals surface area contributed by atoms with E-state index in [-0.39, 0.29) is 12.3 Å². The maximum Gasteiger partial charge on any atom is 0.269 e. The molecule has 0 unspecified atom stereocenters. The molecule has 1 aromatic carbocycles. The lowest BCUT2D eigenvalue weighted by Gasteiger charge is -2.12. The second-order valence-corrected chi connectivity index (χ2v) is 6.17. The highest BCUT2D eigenvalue weighted by atomic mass is 16.5. The number of carbonyl (C=O) groups excluding carboxylic acids is 2. The maximum absolute atomic E-state index is 12.3. The number of ether oxygens (including phenoxy) is 2. The first-order valence-electron chi connectivity index (χ1n) is 8.76. The molecule has 0 saturated carbocycles. The minimum Gasteiger partial charge on any atom is -0.493 e. The van der Waals surface area contributed by atoms with Gasteiger partial charge in [-0.25, -0.2) is 0 Å². The largest absolute Gasteiger partial charge is 0.493 e. The van der Waals surface area contributed by atoms with E-state index in [1.807, 2.05) is 27.8 Å². The summed E-state index contributed by atoms with van der Waals surface area (Å²) in [6, 6.07) is 4.86. The van der Waals surface area contributed by atoms with Crippen LogP contribution < -0.4 is 20.3 Å². The molecule has 0 spiro atoms. The van der Waals surface area contributed by atoms with E-state index in [2.05, 4.69) is 16.0 Å². The molecular weight excluding hydrogens is 348 g/mol. The normalized spacial score (nSPS) is 10.4. The number of hydrogen-bond acceptors (Lipinski definition) is 5. The Morgan fingerprint density at radius 2 is 1.93 bits per heavy atom. The van der Waals surface area contributed by atoms with Crippen molar-refractivity contribution in [3.8, 4) is 11.5 Å². The molecule has 0 aliphatic carbocycles. The van der Waals surface area contributed by atoms with Crippen LogP contribution in [0.15, 0.2) is 18.2 Å². The van der Waals surface area contributed by atoms with Gasteiger partial charge in [-0.1, -0.05) is 6.92 Å². The van der Waals surface area contributed by atoms with Crippen LogP contribution in [0, 0.1) is 13.8 Å². The third-order valence-corrected chi connectivity index (χ3v) is 4.20. The van der Waals surface area contributed by atoms with Crippen LogP contribution in [-0.4, -0.2) is 35.3 Å². The Morgan fingerprint density at radius 1 is 1.19 bits per heavy atom. The third-order valence-electron chi connectivity index (χ3n) is 4.20. The van der Waals surface area contributed by atoms with Gasteiger partial charge >= 0.3 is 0 Å². The lowest BCUT2D eigenvalue weighted by Crippen LogP contribution is -2.42. The van der Waals surface area contributed by atoms with E-state index >= 15 is 0 Å². The molecule has 8 heteroatoms. The van der Waals surface area contributed by atoms with E-state index in [4.69, 9.17) is 9.47 Å². The Kier molecular flexibility index (Phi) is 6.81. The molecule has 0 saturated heterocycles. The molecule has 2 rings (SSSR count). The van der Waals surface area contributed by atoms with Gasteiger partial charge in [-0.05, 0) is 38.5 Å². The van der Waals surface area contributed by atoms with Crippen LogP contribution in [0.3, 0.4) is 0 Å². The number of hydrogen-bond donors (Lipinski definition) is 2. The van der Waals surface area contributed by atoms with Gasteiger partial charge < -0.3 is 9.47 Å². The highest BCUT2D eigenvalue weighted by Crippen LogP contribution is 2.28. The molecule has 2 amide bonds. The van der Waals surface area contributed by atoms with Gasteiger partial charge in [0.1, 0.15) is 0 Å². The van der Waals surface area contributed by atoms with Crippen molar-refractivity contribution in [3.05, 3.63) is 40.7 Å². The summed E-state index contributed by atoms with van der Waals surface area (Å²) in [7, 11) is 3.34. The Bertz CT molecular complexity index is 829. The smallest absolute Gasteiger partial charge is 0.269 e. The Hall–Kier alpha value is -3.03. The Labute approximate surface area is 158 Å². The predicted octanol–water partition coefficient (Wildman–Crippen LogP) is 1.84. The number of nitrogens with one attached hydrogen (secondary N) is 2. The van der Waals surface area contributed by atoms with Gasteiger partial charge in [0.05, 0.1) is 25.8 Å². The minimum atomic E-state index is -0.441. The highest BCUT2D eigenvalue weighted by molar-refractivity contribution is 5.96. The van der Waals surface area contributed by atoms with Crippen molar-refractivity contribution in [3.63, 3.8) is 0 Å². The molecule has 0 atom stereocenters. The first kappa shape index (κ1) is 20.3. The van der Waals surface area contributed by atoms with Crippen molar-refractivity contribution in [2.75, 3.05) is 13.7 Å². The van der Waals surface area contributed by atoms with Crippen molar-refractivity contribution >= 4 is 11.8 Å². The number of rotatable bonds is 7. The van der Waals surface area contributed by atoms with Gasteiger partial charge in [0.2, 0.25) is 5.91 Å². The Morgan fingerprint density at radius 3 is 2.52 bits per heavy atom. The van der Waals surface area contributed by atoms with Crippen LogP contribution in [0.1, 0.15) is 40.7 Å². The average Bonchev–Trinajstić information content (AvgIpc) is 2.90. The molecule has 2 aromatic rings. The zero-order valence-electron chi connectivity index (χ0n) is 16.4. The lowest BCUT2D eigenvalue weighted by molar-refractivity contribution is -0.121. The SMILES string of the molecule is CCCOc1ccc(C(=O)NNC(=O)Cc2c(C)nn(C)c2C)cc1OC. The highest BCUT2D eigenvalue weighted by Gasteiger charge is 2.15. The number of hydrazine groups is 1. The number of carbonyl (C=O) groups is 2. The van der Waals surface area contributed by atoms with E-state index < -0.39 is 5.91 Å². The summed E-state index contributed by atoms with van der Waals surface area (Å²) < 4.78 is 12.6. The van der Waals surface area contributed by atoms with Crippen molar-refractivity contribution in [1.82, 2.24) is 20.6 Å². The molecular formula is C19H26N4O4. The topological polar surface area (TPSA) is 94.5 Å². The molecule has 146 valence electrons. The summed E-state index contributed by atoms with van der Waals surface area (Å²) in [5.74, 6) is 0.271. The van der Waals surface area contributed by atoms with Gasteiger partial charge in [-0.15, -0.1) is 0 Å². The fourth-order valence-electron chi connectivity index (χ4n) is 2.62. The first-order chi connectivity index (χ1) is 12.9. The van der Waals surface area contributed by atoms with Crippen LogP contribution in [0.25, 0.3) is 0 Å². The maximum atomic E-state index is 12.3. The molecule has 8 nitrogen and oxygen atoms in total. The molecule has 0 bridgehead atoms. The van der Waals surface area contributed by atoms with E-state index in [1.165, 1.54) is 7.11 Å². The predicted molar refractivity (Wildman–Crippen MR) is 101 cm³/mol. The number of aromatic nitrogens is 2. The van der Waals surface area contributed by atoms with Gasteiger partial charge in [0.25, 0.3) is 5.91 Å². The van der Waals surface area contributed by atoms with Gasteiger partial charge in [0, 0.05) is 23.9 Å². The van der Waals surface area contributed by atoms with Crippen molar-refractivity contribution in [1.29, 1.82) is 0 Å². The molecule has 1 heterocycles. The van der Waals surface area contributed by atoms with E-state index in [1.54, 1.807) is 22.9 Å². The summed E-state index contributed by atoms with van der Waals surface area (Å²) >= 11 is 0. The summed E-state index contributed by atoms with van der Waals surface area (Å²) in [6.07, 6.45) is 1.01. The van der Waals surface area contributed by atoms with Gasteiger partial charge in [-0.3, -0.25) is 25.1 Å². The molecule has 1 aromatic heterocycles. The van der Waals surface area contributed by atoms with Crippen molar-refractivity contribution in [2.45, 2.75) is 33.6 Å². The van der Waals surface area contributed by atoms with E-state index in [0.29, 0.717) is 23.7 Å². The zero-order chi connectivity index (χ0) is 20.0. The Balaban J connectivity index is 1.97. The minimum absolute atomic E-state index is 0.138. The summed E-state index contributed by atoms with van der Waals surface area (Å²) in [4.78, 5) is 24.4. The molecule has 2 N–H and O–H groups in total. The first-order valence-corrected chi connectivity index (χ1v) is 8.76. The quantitative estimate of drug-likeness (QED) is 0.721. The van der Waals surface area contributed by atoms with Gasteiger partial charge in [0.15, 0.2) is 11.5 Å². The summed E-state index contributed by atoms with van der Waals surface area (Å²) in [5, 5.41) is 4.28. The number of nitrogens with zero attached hydrogens (tertiary/aromatic N) is 2. The lowest BCUT2D eigenvalue weighted by atomic mass is 10.1. The monoisotopic (exact) mass is 374 g/mol. The van der Waals surface area contributed by atoms with Crippen LogP contribution in [0.5, 0.6) is 11.5 Å². The van der Waals surface area contributed by atoms with E-state index in [9.17, 15) is 9.59 Å². The van der Waals surface area contributed by atoms with Crippen LogP contribution in [0.2, 0.25) is 0 Å². The summed E-state index contributed by atoms with van der Waals surface area (Å²) in [5.41, 5.74) is 7.76. The summed E-state index contributed by atoms with van der Waals surface area (Å²) in [6.45, 7) is 6.31. The second-order valence-electron chi connectivity index (χ2n) is 6.17.